The number of benzene rings is 2. The first kappa shape index (κ1) is 23.1. The Balaban J connectivity index is 1.66. The predicted octanol–water partition coefficient (Wildman–Crippen LogP) is 6.01. The summed E-state index contributed by atoms with van der Waals surface area (Å²) in [6.45, 7) is 0.377. The van der Waals surface area contributed by atoms with Crippen LogP contribution >= 0.6 is 0 Å². The second-order valence-electron chi connectivity index (χ2n) is 8.64. The van der Waals surface area contributed by atoms with E-state index in [1.165, 1.54) is 44.9 Å². The number of nitrogens with one attached hydrogen (secondary N) is 1. The van der Waals surface area contributed by atoms with Crippen molar-refractivity contribution in [1.29, 1.82) is 0 Å². The van der Waals surface area contributed by atoms with Gasteiger partial charge in [-0.15, -0.1) is 0 Å². The third-order valence-corrected chi connectivity index (χ3v) is 6.13. The number of hydrogen-bond acceptors (Lipinski definition) is 2. The molecular weight excluding hydrogens is 384 g/mol. The Kier molecular flexibility index (Phi) is 9.62. The monoisotopic (exact) mass is 420 g/mol. The van der Waals surface area contributed by atoms with Crippen LogP contribution in [0.3, 0.4) is 0 Å². The summed E-state index contributed by atoms with van der Waals surface area (Å²) >= 11 is 0. The number of anilines is 1. The molecule has 2 amide bonds. The molecule has 0 atom stereocenters. The maximum Gasteiger partial charge on any atom is 0.316 e. The highest BCUT2D eigenvalue weighted by Crippen LogP contribution is 2.19. The maximum atomic E-state index is 13.2. The molecule has 0 aromatic heterocycles. The van der Waals surface area contributed by atoms with Gasteiger partial charge in [-0.25, -0.2) is 0 Å². The second kappa shape index (κ2) is 12.9. The molecule has 4 nitrogen and oxygen atoms in total. The van der Waals surface area contributed by atoms with Crippen molar-refractivity contribution in [1.82, 2.24) is 5.32 Å². The van der Waals surface area contributed by atoms with Gasteiger partial charge in [-0.3, -0.25) is 14.5 Å². The number of nitrogens with zero attached hydrogens (tertiary/aromatic N) is 1. The molecule has 1 saturated carbocycles. The zero-order valence-corrected chi connectivity index (χ0v) is 18.6. The first-order chi connectivity index (χ1) is 15.2. The van der Waals surface area contributed by atoms with Crippen LogP contribution in [0.5, 0.6) is 0 Å². The highest BCUT2D eigenvalue weighted by Gasteiger charge is 2.25. The van der Waals surface area contributed by atoms with Gasteiger partial charge in [0.2, 0.25) is 0 Å². The first-order valence-corrected chi connectivity index (χ1v) is 12.0. The average Bonchev–Trinajstić information content (AvgIpc) is 2.80. The average molecular weight is 421 g/mol. The van der Waals surface area contributed by atoms with Crippen LogP contribution in [0.25, 0.3) is 0 Å². The molecule has 4 heteroatoms. The number of carbonyl (C=O) groups is 2. The van der Waals surface area contributed by atoms with Crippen LogP contribution in [0.15, 0.2) is 60.7 Å². The maximum absolute atomic E-state index is 13.2. The van der Waals surface area contributed by atoms with Crippen molar-refractivity contribution in [2.75, 3.05) is 4.90 Å². The highest BCUT2D eigenvalue weighted by molar-refractivity contribution is 6.40. The van der Waals surface area contributed by atoms with Gasteiger partial charge in [0.15, 0.2) is 0 Å². The van der Waals surface area contributed by atoms with Crippen molar-refractivity contribution in [3.63, 3.8) is 0 Å². The normalized spacial score (nSPS) is 16.5. The number of hydrogen-bond donors (Lipinski definition) is 1. The largest absolute Gasteiger partial charge is 0.345 e. The van der Waals surface area contributed by atoms with E-state index in [0.29, 0.717) is 6.54 Å². The zero-order valence-electron chi connectivity index (χ0n) is 18.6. The highest BCUT2D eigenvalue weighted by atomic mass is 16.2. The van der Waals surface area contributed by atoms with Gasteiger partial charge in [-0.05, 0) is 30.5 Å². The summed E-state index contributed by atoms with van der Waals surface area (Å²) in [5, 5.41) is 3.08. The molecule has 0 spiro atoms. The summed E-state index contributed by atoms with van der Waals surface area (Å²) in [5.41, 5.74) is 1.74. The number of para-hydroxylation sites is 1. The fourth-order valence-corrected chi connectivity index (χ4v) is 4.33. The molecule has 1 aliphatic rings. The lowest BCUT2D eigenvalue weighted by Crippen LogP contribution is -2.46. The molecule has 1 fully saturated rings. The second-order valence-corrected chi connectivity index (χ2v) is 8.64. The van der Waals surface area contributed by atoms with Crippen molar-refractivity contribution in [2.45, 2.75) is 83.2 Å². The Bertz CT molecular complexity index is 779. The minimum absolute atomic E-state index is 0.0882. The van der Waals surface area contributed by atoms with Crippen molar-refractivity contribution in [2.24, 2.45) is 0 Å². The van der Waals surface area contributed by atoms with Gasteiger partial charge in [-0.1, -0.05) is 106 Å². The Morgan fingerprint density at radius 2 is 1.19 bits per heavy atom. The molecule has 0 heterocycles. The number of amides is 2. The van der Waals surface area contributed by atoms with E-state index in [-0.39, 0.29) is 6.04 Å². The molecule has 31 heavy (non-hydrogen) atoms. The fourth-order valence-electron chi connectivity index (χ4n) is 4.33. The van der Waals surface area contributed by atoms with Crippen LogP contribution in [0.2, 0.25) is 0 Å². The SMILES string of the molecule is O=C(NC1CCCCCCCCCCC1)C(=O)N(Cc1ccccc1)c1ccccc1. The Hall–Kier alpha value is -2.62. The number of carbonyl (C=O) groups excluding carboxylic acids is 2. The van der Waals surface area contributed by atoms with Gasteiger partial charge in [-0.2, -0.15) is 0 Å². The molecule has 2 aromatic rings. The molecule has 0 bridgehead atoms. The van der Waals surface area contributed by atoms with E-state index in [2.05, 4.69) is 5.32 Å². The number of rotatable bonds is 4. The summed E-state index contributed by atoms with van der Waals surface area (Å²) in [7, 11) is 0. The molecule has 2 aromatic carbocycles. The third kappa shape index (κ3) is 7.86. The Labute approximate surface area is 187 Å². The molecule has 1 N–H and O–H groups in total. The summed E-state index contributed by atoms with van der Waals surface area (Å²) in [6.07, 6.45) is 13.1. The minimum atomic E-state index is -0.489. The van der Waals surface area contributed by atoms with Crippen molar-refractivity contribution in [3.05, 3.63) is 66.2 Å². The smallest absolute Gasteiger partial charge is 0.316 e. The fraction of sp³-hybridized carbons (Fsp3) is 0.481. The molecular formula is C27H36N2O2. The van der Waals surface area contributed by atoms with Crippen LogP contribution in [0.4, 0.5) is 5.69 Å². The van der Waals surface area contributed by atoms with E-state index in [4.69, 9.17) is 0 Å². The van der Waals surface area contributed by atoms with Gasteiger partial charge in [0.25, 0.3) is 0 Å². The standard InChI is InChI=1S/C27H36N2O2/c30-26(28-24-18-12-6-4-2-1-3-5-7-13-19-24)27(31)29(25-20-14-9-15-21-25)22-23-16-10-8-11-17-23/h8-11,14-17,20-21,24H,1-7,12-13,18-19,22H2,(H,28,30). The summed E-state index contributed by atoms with van der Waals surface area (Å²) in [5.74, 6) is -0.974. The van der Waals surface area contributed by atoms with Gasteiger partial charge >= 0.3 is 11.8 Å². The van der Waals surface area contributed by atoms with Crippen molar-refractivity contribution < 1.29 is 9.59 Å². The van der Waals surface area contributed by atoms with E-state index < -0.39 is 11.8 Å². The van der Waals surface area contributed by atoms with Gasteiger partial charge < -0.3 is 5.32 Å². The van der Waals surface area contributed by atoms with E-state index in [9.17, 15) is 9.59 Å². The van der Waals surface area contributed by atoms with Gasteiger partial charge in [0.05, 0.1) is 6.54 Å². The van der Waals surface area contributed by atoms with Crippen LogP contribution in [-0.2, 0) is 16.1 Å². The van der Waals surface area contributed by atoms with E-state index >= 15 is 0 Å². The quantitative estimate of drug-likeness (QED) is 0.616. The van der Waals surface area contributed by atoms with E-state index in [1.54, 1.807) is 4.90 Å². The molecule has 0 radical (unpaired) electrons. The van der Waals surface area contributed by atoms with Gasteiger partial charge in [0.1, 0.15) is 0 Å². The van der Waals surface area contributed by atoms with Crippen molar-refractivity contribution >= 4 is 17.5 Å². The lowest BCUT2D eigenvalue weighted by Gasteiger charge is -2.25. The van der Waals surface area contributed by atoms with E-state index in [1.807, 2.05) is 60.7 Å². The van der Waals surface area contributed by atoms with Crippen LogP contribution in [0.1, 0.15) is 76.2 Å². The van der Waals surface area contributed by atoms with Gasteiger partial charge in [0, 0.05) is 11.7 Å². The molecule has 0 unspecified atom stereocenters. The summed E-state index contributed by atoms with van der Waals surface area (Å²) in [4.78, 5) is 27.8. The predicted molar refractivity (Wildman–Crippen MR) is 127 cm³/mol. The van der Waals surface area contributed by atoms with E-state index in [0.717, 1.165) is 36.9 Å². The molecule has 1 aliphatic carbocycles. The van der Waals surface area contributed by atoms with Crippen LogP contribution in [-0.4, -0.2) is 17.9 Å². The molecule has 0 aliphatic heterocycles. The van der Waals surface area contributed by atoms with Crippen molar-refractivity contribution in [3.8, 4) is 0 Å². The minimum Gasteiger partial charge on any atom is -0.345 e. The molecule has 166 valence electrons. The summed E-state index contributed by atoms with van der Waals surface area (Å²) < 4.78 is 0. The summed E-state index contributed by atoms with van der Waals surface area (Å²) in [6, 6.07) is 19.4. The Morgan fingerprint density at radius 1 is 0.710 bits per heavy atom. The zero-order chi connectivity index (χ0) is 21.7. The lowest BCUT2D eigenvalue weighted by atomic mass is 9.98. The van der Waals surface area contributed by atoms with Crippen LogP contribution in [0, 0.1) is 0 Å². The van der Waals surface area contributed by atoms with Crippen LogP contribution < -0.4 is 10.2 Å². The molecule has 3 rings (SSSR count). The lowest BCUT2D eigenvalue weighted by molar-refractivity contribution is -0.138. The molecule has 0 saturated heterocycles. The third-order valence-electron chi connectivity index (χ3n) is 6.13. The topological polar surface area (TPSA) is 49.4 Å². The first-order valence-electron chi connectivity index (χ1n) is 12.0. The Morgan fingerprint density at radius 3 is 1.74 bits per heavy atom.